The van der Waals surface area contributed by atoms with Crippen molar-refractivity contribution >= 4 is 35.3 Å². The smallest absolute Gasteiger partial charge is 0.163 e. The molecule has 1 aromatic rings. The van der Waals surface area contributed by atoms with E-state index < -0.39 is 0 Å². The number of benzene rings is 1. The number of rotatable bonds is 3. The molecule has 5 nitrogen and oxygen atoms in total. The first-order valence-electron chi connectivity index (χ1n) is 5.82. The zero-order chi connectivity index (χ0) is 13.1. The molecule has 2 aliphatic heterocycles. The number of hydrogen-bond donors (Lipinski definition) is 0. The predicted octanol–water partition coefficient (Wildman–Crippen LogP) is 2.18. The van der Waals surface area contributed by atoms with Crippen molar-refractivity contribution in [1.29, 1.82) is 0 Å². The third-order valence-electron chi connectivity index (χ3n) is 2.80. The van der Waals surface area contributed by atoms with Crippen molar-refractivity contribution in [3.05, 3.63) is 29.8 Å². The number of thioether (sulfide) groups is 1. The molecule has 1 unspecified atom stereocenters. The molecular weight excluding hydrogens is 260 g/mol. The van der Waals surface area contributed by atoms with Gasteiger partial charge in [-0.2, -0.15) is 0 Å². The van der Waals surface area contributed by atoms with Gasteiger partial charge < -0.3 is 4.74 Å². The summed E-state index contributed by atoms with van der Waals surface area (Å²) < 4.78 is 5.14. The fourth-order valence-corrected chi connectivity index (χ4v) is 2.74. The number of methoxy groups -OCH3 is 1. The van der Waals surface area contributed by atoms with Crippen LogP contribution in [0.2, 0.25) is 0 Å². The highest BCUT2D eigenvalue weighted by Crippen LogP contribution is 2.22. The number of hydrogen-bond acceptors (Lipinski definition) is 6. The van der Waals surface area contributed by atoms with Crippen LogP contribution in [0.4, 0.5) is 0 Å². The summed E-state index contributed by atoms with van der Waals surface area (Å²) in [4.78, 5) is 16.8. The molecule has 0 bridgehead atoms. The van der Waals surface area contributed by atoms with Crippen LogP contribution in [0, 0.1) is 0 Å². The molecule has 19 heavy (non-hydrogen) atoms. The molecule has 0 N–H and O–H groups in total. The van der Waals surface area contributed by atoms with E-state index in [1.807, 2.05) is 12.1 Å². The molecule has 0 saturated carbocycles. The van der Waals surface area contributed by atoms with Gasteiger partial charge in [0.1, 0.15) is 23.5 Å². The van der Waals surface area contributed by atoms with Crippen molar-refractivity contribution in [3.63, 3.8) is 0 Å². The molecular formula is C13H12N4OS. The molecule has 0 aromatic heterocycles. The van der Waals surface area contributed by atoms with Gasteiger partial charge in [0.2, 0.25) is 0 Å². The molecule has 0 amide bonds. The molecule has 2 aliphatic rings. The highest BCUT2D eigenvalue weighted by Gasteiger charge is 2.26. The van der Waals surface area contributed by atoms with Crippen LogP contribution in [0.1, 0.15) is 5.56 Å². The fraction of sp³-hybridized carbons (Fsp3) is 0.231. The minimum absolute atomic E-state index is 0.103. The highest BCUT2D eigenvalue weighted by atomic mass is 32.2. The topological polar surface area (TPSA) is 58.7 Å². The van der Waals surface area contributed by atoms with Crippen LogP contribution >= 0.6 is 11.8 Å². The van der Waals surface area contributed by atoms with Gasteiger partial charge in [0.15, 0.2) is 11.9 Å². The Bertz CT molecular complexity index is 589. The maximum absolute atomic E-state index is 5.14. The molecule has 1 aromatic carbocycles. The second-order valence-corrected chi connectivity index (χ2v) is 5.00. The summed E-state index contributed by atoms with van der Waals surface area (Å²) in [7, 11) is 1.67. The molecule has 0 saturated heterocycles. The van der Waals surface area contributed by atoms with E-state index >= 15 is 0 Å². The van der Waals surface area contributed by atoms with Crippen LogP contribution in [0.3, 0.4) is 0 Å². The molecule has 6 heteroatoms. The molecule has 1 atom stereocenters. The van der Waals surface area contributed by atoms with E-state index in [0.717, 1.165) is 22.4 Å². The number of aliphatic imine (C=N–C) groups is 4. The Morgan fingerprint density at radius 1 is 1.16 bits per heavy atom. The van der Waals surface area contributed by atoms with E-state index in [2.05, 4.69) is 32.1 Å². The number of nitrogens with zero attached hydrogens (tertiary/aromatic N) is 4. The molecule has 0 aliphatic carbocycles. The lowest BCUT2D eigenvalue weighted by Crippen LogP contribution is -2.25. The molecule has 0 spiro atoms. The summed E-state index contributed by atoms with van der Waals surface area (Å²) in [5.74, 6) is 2.44. The van der Waals surface area contributed by atoms with Crippen LogP contribution in [-0.4, -0.2) is 36.7 Å². The Hall–Kier alpha value is -1.95. The second kappa shape index (κ2) is 5.36. The first-order valence-corrected chi connectivity index (χ1v) is 6.80. The largest absolute Gasteiger partial charge is 0.497 e. The predicted molar refractivity (Wildman–Crippen MR) is 79.9 cm³/mol. The van der Waals surface area contributed by atoms with Gasteiger partial charge in [-0.1, -0.05) is 12.1 Å². The monoisotopic (exact) mass is 272 g/mol. The van der Waals surface area contributed by atoms with Crippen LogP contribution < -0.4 is 4.74 Å². The van der Waals surface area contributed by atoms with Gasteiger partial charge in [0.05, 0.1) is 7.11 Å². The average molecular weight is 272 g/mol. The van der Waals surface area contributed by atoms with Crippen LogP contribution in [0.25, 0.3) is 0 Å². The average Bonchev–Trinajstić information content (AvgIpc) is 2.94. The standard InChI is InChI=1S/C13H12N4OS/c1-18-10-4-2-9(3-5-10)6-19-13-11-12(15-7-14-11)16-8-17-13/h2-5,7-8,11H,6H2,1H3. The van der Waals surface area contributed by atoms with Crippen LogP contribution in [0.15, 0.2) is 44.2 Å². The first kappa shape index (κ1) is 12.1. The molecule has 0 radical (unpaired) electrons. The van der Waals surface area contributed by atoms with Crippen molar-refractivity contribution < 1.29 is 4.74 Å². The van der Waals surface area contributed by atoms with Crippen molar-refractivity contribution in [2.24, 2.45) is 20.0 Å². The van der Waals surface area contributed by atoms with Gasteiger partial charge in [-0.25, -0.2) is 15.0 Å². The fourth-order valence-electron chi connectivity index (χ4n) is 1.79. The van der Waals surface area contributed by atoms with Crippen molar-refractivity contribution in [2.45, 2.75) is 11.8 Å². The lowest BCUT2D eigenvalue weighted by molar-refractivity contribution is 0.414. The van der Waals surface area contributed by atoms with E-state index in [0.29, 0.717) is 0 Å². The Balaban J connectivity index is 1.65. The van der Waals surface area contributed by atoms with Crippen molar-refractivity contribution in [1.82, 2.24) is 0 Å². The summed E-state index contributed by atoms with van der Waals surface area (Å²) in [5, 5.41) is 0.943. The van der Waals surface area contributed by atoms with E-state index in [1.54, 1.807) is 31.5 Å². The first-order chi connectivity index (χ1) is 9.36. The number of amidine groups is 1. The maximum Gasteiger partial charge on any atom is 0.163 e. The summed E-state index contributed by atoms with van der Waals surface area (Å²) >= 11 is 1.66. The lowest BCUT2D eigenvalue weighted by Gasteiger charge is -2.13. The Morgan fingerprint density at radius 3 is 2.79 bits per heavy atom. The van der Waals surface area contributed by atoms with Crippen molar-refractivity contribution in [3.8, 4) is 5.75 Å². The van der Waals surface area contributed by atoms with E-state index in [9.17, 15) is 0 Å². The Labute approximate surface area is 115 Å². The molecule has 3 rings (SSSR count). The SMILES string of the molecule is COc1ccc(CSC2=NC=NC3=NC=NC32)cc1. The van der Waals surface area contributed by atoms with Gasteiger partial charge in [-0.15, -0.1) is 11.8 Å². The maximum atomic E-state index is 5.14. The zero-order valence-corrected chi connectivity index (χ0v) is 11.2. The highest BCUT2D eigenvalue weighted by molar-refractivity contribution is 8.13. The van der Waals surface area contributed by atoms with Gasteiger partial charge in [0.25, 0.3) is 0 Å². The Kier molecular flexibility index (Phi) is 3.41. The van der Waals surface area contributed by atoms with Gasteiger partial charge in [0, 0.05) is 5.75 Å². The summed E-state index contributed by atoms with van der Waals surface area (Å²) in [6.45, 7) is 0. The summed E-state index contributed by atoms with van der Waals surface area (Å²) in [6, 6.07) is 7.92. The van der Waals surface area contributed by atoms with Crippen LogP contribution in [-0.2, 0) is 5.75 Å². The van der Waals surface area contributed by atoms with Gasteiger partial charge >= 0.3 is 0 Å². The molecule has 96 valence electrons. The number of ether oxygens (including phenoxy) is 1. The van der Waals surface area contributed by atoms with E-state index in [4.69, 9.17) is 4.74 Å². The number of fused-ring (bicyclic) bond motifs is 1. The second-order valence-electron chi connectivity index (χ2n) is 4.00. The minimum Gasteiger partial charge on any atom is -0.497 e. The third kappa shape index (κ3) is 2.58. The van der Waals surface area contributed by atoms with E-state index in [1.165, 1.54) is 5.56 Å². The third-order valence-corrected chi connectivity index (χ3v) is 3.91. The minimum atomic E-state index is -0.103. The summed E-state index contributed by atoms with van der Waals surface area (Å²) in [6.07, 6.45) is 3.09. The van der Waals surface area contributed by atoms with Gasteiger partial charge in [-0.3, -0.25) is 4.99 Å². The summed E-state index contributed by atoms with van der Waals surface area (Å²) in [5.41, 5.74) is 1.22. The van der Waals surface area contributed by atoms with Crippen molar-refractivity contribution in [2.75, 3.05) is 7.11 Å². The molecule has 2 heterocycles. The zero-order valence-electron chi connectivity index (χ0n) is 10.4. The normalized spacial score (nSPS) is 19.9. The Morgan fingerprint density at radius 2 is 2.00 bits per heavy atom. The van der Waals surface area contributed by atoms with Crippen LogP contribution in [0.5, 0.6) is 5.75 Å². The lowest BCUT2D eigenvalue weighted by atomic mass is 10.2. The van der Waals surface area contributed by atoms with E-state index in [-0.39, 0.29) is 6.04 Å². The molecule has 0 fully saturated rings. The van der Waals surface area contributed by atoms with Gasteiger partial charge in [-0.05, 0) is 17.7 Å². The quantitative estimate of drug-likeness (QED) is 0.846.